The Balaban J connectivity index is 1.62. The molecule has 1 saturated heterocycles. The van der Waals surface area contributed by atoms with Crippen LogP contribution < -0.4 is 4.90 Å². The molecule has 4 rings (SSSR count). The molecule has 0 N–H and O–H groups in total. The topological polar surface area (TPSA) is 52.6 Å². The van der Waals surface area contributed by atoms with Gasteiger partial charge in [-0.15, -0.1) is 0 Å². The van der Waals surface area contributed by atoms with Crippen molar-refractivity contribution in [2.75, 3.05) is 44.7 Å². The van der Waals surface area contributed by atoms with Gasteiger partial charge in [0.2, 0.25) is 0 Å². The van der Waals surface area contributed by atoms with Gasteiger partial charge < -0.3 is 14.7 Å². The number of fused-ring (bicyclic) bond motifs is 1. The van der Waals surface area contributed by atoms with E-state index < -0.39 is 0 Å². The molecule has 1 amide bonds. The van der Waals surface area contributed by atoms with Crippen molar-refractivity contribution in [3.8, 4) is 0 Å². The van der Waals surface area contributed by atoms with Crippen molar-refractivity contribution in [2.45, 2.75) is 13.3 Å². The number of hydrogen-bond donors (Lipinski definition) is 0. The van der Waals surface area contributed by atoms with Gasteiger partial charge in [-0.3, -0.25) is 4.79 Å². The van der Waals surface area contributed by atoms with E-state index in [-0.39, 0.29) is 5.91 Å². The largest absolute Gasteiger partial charge is 0.335 e. The molecule has 25 heavy (non-hydrogen) atoms. The first-order valence-electron chi connectivity index (χ1n) is 8.81. The Kier molecular flexibility index (Phi) is 4.13. The third kappa shape index (κ3) is 3.09. The number of aryl methyl sites for hydroxylation is 1. The molecular weight excluding hydrogens is 314 g/mol. The van der Waals surface area contributed by atoms with Crippen molar-refractivity contribution in [1.29, 1.82) is 0 Å². The second kappa shape index (κ2) is 6.44. The van der Waals surface area contributed by atoms with Gasteiger partial charge in [0.1, 0.15) is 17.3 Å². The fraction of sp³-hybridized carbons (Fsp3) is 0.421. The minimum atomic E-state index is 0.00679. The lowest BCUT2D eigenvalue weighted by molar-refractivity contribution is 0.0658. The van der Waals surface area contributed by atoms with Gasteiger partial charge in [0.05, 0.1) is 0 Å². The van der Waals surface area contributed by atoms with Crippen LogP contribution in [0.25, 0.3) is 0 Å². The van der Waals surface area contributed by atoms with Crippen molar-refractivity contribution in [3.63, 3.8) is 0 Å². The first-order valence-corrected chi connectivity index (χ1v) is 8.81. The van der Waals surface area contributed by atoms with Gasteiger partial charge in [0.25, 0.3) is 5.91 Å². The van der Waals surface area contributed by atoms with Crippen LogP contribution in [0.15, 0.2) is 30.3 Å². The second-order valence-electron chi connectivity index (χ2n) is 6.78. The van der Waals surface area contributed by atoms with Crippen molar-refractivity contribution >= 4 is 17.4 Å². The standard InChI is InChI=1S/C19H23N5O/c1-14-20-16(19(25)23-11-9-22(2)10-12-23)13-18(21-14)24-8-7-15-5-3-4-6-17(15)24/h3-6,13H,7-12H2,1-2H3. The molecule has 2 aliphatic heterocycles. The molecular formula is C19H23N5O. The molecule has 0 aliphatic carbocycles. The van der Waals surface area contributed by atoms with Gasteiger partial charge in [0.15, 0.2) is 0 Å². The number of para-hydroxylation sites is 1. The van der Waals surface area contributed by atoms with Gasteiger partial charge in [-0.2, -0.15) is 0 Å². The highest BCUT2D eigenvalue weighted by Crippen LogP contribution is 2.33. The number of amides is 1. The summed E-state index contributed by atoms with van der Waals surface area (Å²) in [5, 5.41) is 0. The SMILES string of the molecule is Cc1nc(C(=O)N2CCN(C)CC2)cc(N2CCc3ccccc32)n1. The Hall–Kier alpha value is -2.47. The summed E-state index contributed by atoms with van der Waals surface area (Å²) in [5.74, 6) is 1.46. The summed E-state index contributed by atoms with van der Waals surface area (Å²) in [4.78, 5) is 28.2. The minimum absolute atomic E-state index is 0.00679. The molecule has 0 radical (unpaired) electrons. The highest BCUT2D eigenvalue weighted by atomic mass is 16.2. The number of benzene rings is 1. The second-order valence-corrected chi connectivity index (χ2v) is 6.78. The summed E-state index contributed by atoms with van der Waals surface area (Å²) in [6.07, 6.45) is 1.00. The van der Waals surface area contributed by atoms with Gasteiger partial charge in [-0.25, -0.2) is 9.97 Å². The van der Waals surface area contributed by atoms with E-state index in [0.29, 0.717) is 11.5 Å². The lowest BCUT2D eigenvalue weighted by Gasteiger charge is -2.32. The van der Waals surface area contributed by atoms with Crippen molar-refractivity contribution < 1.29 is 4.79 Å². The molecule has 0 saturated carbocycles. The molecule has 0 atom stereocenters. The average Bonchev–Trinajstić information content (AvgIpc) is 3.05. The molecule has 2 aromatic rings. The van der Waals surface area contributed by atoms with Crippen molar-refractivity contribution in [3.05, 3.63) is 47.4 Å². The Morgan fingerprint density at radius 3 is 2.60 bits per heavy atom. The number of rotatable bonds is 2. The highest BCUT2D eigenvalue weighted by Gasteiger charge is 2.25. The molecule has 0 unspecified atom stereocenters. The summed E-state index contributed by atoms with van der Waals surface area (Å²) in [5.41, 5.74) is 3.00. The average molecular weight is 337 g/mol. The van der Waals surface area contributed by atoms with Crippen LogP contribution in [0.2, 0.25) is 0 Å². The molecule has 130 valence electrons. The number of hydrogen-bond acceptors (Lipinski definition) is 5. The van der Waals surface area contributed by atoms with Crippen molar-refractivity contribution in [2.24, 2.45) is 0 Å². The van der Waals surface area contributed by atoms with Crippen LogP contribution in [0.4, 0.5) is 11.5 Å². The van der Waals surface area contributed by atoms with E-state index in [1.54, 1.807) is 0 Å². The summed E-state index contributed by atoms with van der Waals surface area (Å²) < 4.78 is 0. The molecule has 3 heterocycles. The van der Waals surface area contributed by atoms with E-state index in [0.717, 1.165) is 45.0 Å². The highest BCUT2D eigenvalue weighted by molar-refractivity contribution is 5.93. The fourth-order valence-corrected chi connectivity index (χ4v) is 3.55. The summed E-state index contributed by atoms with van der Waals surface area (Å²) in [6, 6.07) is 10.2. The number of carbonyl (C=O) groups excluding carboxylic acids is 1. The number of aromatic nitrogens is 2. The zero-order valence-corrected chi connectivity index (χ0v) is 14.8. The summed E-state index contributed by atoms with van der Waals surface area (Å²) in [6.45, 7) is 6.05. The molecule has 1 aromatic heterocycles. The molecule has 1 fully saturated rings. The van der Waals surface area contributed by atoms with E-state index in [2.05, 4.69) is 45.0 Å². The monoisotopic (exact) mass is 337 g/mol. The van der Waals surface area contributed by atoms with Gasteiger partial charge >= 0.3 is 0 Å². The molecule has 0 spiro atoms. The smallest absolute Gasteiger partial charge is 0.272 e. The summed E-state index contributed by atoms with van der Waals surface area (Å²) >= 11 is 0. The van der Waals surface area contributed by atoms with Gasteiger partial charge in [-0.05, 0) is 32.0 Å². The number of nitrogens with zero attached hydrogens (tertiary/aromatic N) is 5. The minimum Gasteiger partial charge on any atom is -0.335 e. The van der Waals surface area contributed by atoms with Crippen LogP contribution in [0.1, 0.15) is 21.9 Å². The van der Waals surface area contributed by atoms with E-state index in [1.807, 2.05) is 24.0 Å². The Morgan fingerprint density at radius 1 is 1.04 bits per heavy atom. The lowest BCUT2D eigenvalue weighted by Crippen LogP contribution is -2.47. The van der Waals surface area contributed by atoms with Crippen LogP contribution in [-0.2, 0) is 6.42 Å². The Morgan fingerprint density at radius 2 is 1.80 bits per heavy atom. The van der Waals surface area contributed by atoms with Crippen molar-refractivity contribution in [1.82, 2.24) is 19.8 Å². The van der Waals surface area contributed by atoms with E-state index in [9.17, 15) is 4.79 Å². The Labute approximate surface area is 148 Å². The number of piperazine rings is 1. The van der Waals surface area contributed by atoms with Crippen LogP contribution in [0.5, 0.6) is 0 Å². The summed E-state index contributed by atoms with van der Waals surface area (Å²) in [7, 11) is 2.08. The van der Waals surface area contributed by atoms with Gasteiger partial charge in [0, 0.05) is 44.5 Å². The number of anilines is 2. The normalized spacial score (nSPS) is 17.7. The number of likely N-dealkylation sites (N-methyl/N-ethyl adjacent to an activating group) is 1. The predicted molar refractivity (Wildman–Crippen MR) is 97.3 cm³/mol. The van der Waals surface area contributed by atoms with E-state index in [1.165, 1.54) is 11.3 Å². The zero-order chi connectivity index (χ0) is 17.4. The molecule has 6 nitrogen and oxygen atoms in total. The Bertz CT molecular complexity index is 798. The molecule has 6 heteroatoms. The van der Waals surface area contributed by atoms with Crippen LogP contribution in [0.3, 0.4) is 0 Å². The van der Waals surface area contributed by atoms with Gasteiger partial charge in [-0.1, -0.05) is 18.2 Å². The maximum Gasteiger partial charge on any atom is 0.272 e. The molecule has 0 bridgehead atoms. The van der Waals surface area contributed by atoms with E-state index >= 15 is 0 Å². The molecule has 1 aromatic carbocycles. The first kappa shape index (κ1) is 16.0. The zero-order valence-electron chi connectivity index (χ0n) is 14.8. The van der Waals surface area contributed by atoms with Crippen LogP contribution in [-0.4, -0.2) is 65.4 Å². The maximum atomic E-state index is 12.9. The molecule has 2 aliphatic rings. The fourth-order valence-electron chi connectivity index (χ4n) is 3.55. The quantitative estimate of drug-likeness (QED) is 0.837. The number of carbonyl (C=O) groups is 1. The lowest BCUT2D eigenvalue weighted by atomic mass is 10.2. The van der Waals surface area contributed by atoms with Crippen LogP contribution in [0, 0.1) is 6.92 Å². The maximum absolute atomic E-state index is 12.9. The van der Waals surface area contributed by atoms with Crippen LogP contribution >= 0.6 is 0 Å². The predicted octanol–water partition coefficient (Wildman–Crippen LogP) is 1.87. The first-order chi connectivity index (χ1) is 12.1. The third-order valence-electron chi connectivity index (χ3n) is 5.00. The van der Waals surface area contributed by atoms with E-state index in [4.69, 9.17) is 0 Å². The third-order valence-corrected chi connectivity index (χ3v) is 5.00.